The van der Waals surface area contributed by atoms with Crippen LogP contribution in [-0.4, -0.2) is 72.9 Å². The summed E-state index contributed by atoms with van der Waals surface area (Å²) in [5, 5.41) is 9.29. The first kappa shape index (κ1) is 25.0. The minimum atomic E-state index is -5.08. The number of amides is 1. The van der Waals surface area contributed by atoms with Gasteiger partial charge in [0.05, 0.1) is 6.61 Å². The van der Waals surface area contributed by atoms with E-state index in [1.807, 2.05) is 18.4 Å². The first-order valence-corrected chi connectivity index (χ1v) is 11.8. The van der Waals surface area contributed by atoms with Crippen molar-refractivity contribution in [1.29, 1.82) is 0 Å². The zero-order valence-electron chi connectivity index (χ0n) is 18.3. The lowest BCUT2D eigenvalue weighted by Crippen LogP contribution is -2.47. The molecule has 1 aliphatic carbocycles. The molecule has 1 N–H and O–H groups in total. The molecular formula is C22H31F3N2O4S. The number of likely N-dealkylation sites (tertiary alicyclic amines) is 2. The van der Waals surface area contributed by atoms with E-state index in [4.69, 9.17) is 14.6 Å². The molecule has 3 fully saturated rings. The van der Waals surface area contributed by atoms with Crippen molar-refractivity contribution in [2.75, 3.05) is 39.9 Å². The van der Waals surface area contributed by atoms with E-state index >= 15 is 0 Å². The van der Waals surface area contributed by atoms with Crippen LogP contribution < -0.4 is 0 Å². The molecule has 10 heteroatoms. The van der Waals surface area contributed by atoms with Crippen LogP contribution in [0, 0.1) is 17.3 Å². The summed E-state index contributed by atoms with van der Waals surface area (Å²) < 4.78 is 37.3. The number of methoxy groups -OCH3 is 1. The van der Waals surface area contributed by atoms with Crippen molar-refractivity contribution in [2.45, 2.75) is 44.8 Å². The van der Waals surface area contributed by atoms with Crippen LogP contribution in [0.4, 0.5) is 13.2 Å². The predicted molar refractivity (Wildman–Crippen MR) is 114 cm³/mol. The highest BCUT2D eigenvalue weighted by Crippen LogP contribution is 2.45. The Hall–Kier alpha value is -1.65. The number of carbonyl (C=O) groups excluding carboxylic acids is 1. The number of carboxylic acids is 1. The fourth-order valence-corrected chi connectivity index (χ4v) is 5.53. The van der Waals surface area contributed by atoms with Crippen molar-refractivity contribution in [3.63, 3.8) is 0 Å². The number of hydrogen-bond donors (Lipinski definition) is 1. The van der Waals surface area contributed by atoms with Crippen molar-refractivity contribution in [3.05, 3.63) is 22.4 Å². The molecular weight excluding hydrogens is 445 g/mol. The molecule has 4 rings (SSSR count). The molecule has 0 radical (unpaired) electrons. The third-order valence-electron chi connectivity index (χ3n) is 6.73. The van der Waals surface area contributed by atoms with Crippen molar-refractivity contribution in [1.82, 2.24) is 9.80 Å². The monoisotopic (exact) mass is 476 g/mol. The van der Waals surface area contributed by atoms with Gasteiger partial charge in [-0.2, -0.15) is 13.2 Å². The van der Waals surface area contributed by atoms with Gasteiger partial charge in [-0.15, -0.1) is 11.3 Å². The van der Waals surface area contributed by atoms with Gasteiger partial charge in [-0.05, 0) is 48.5 Å². The normalized spacial score (nSPS) is 23.1. The van der Waals surface area contributed by atoms with Gasteiger partial charge < -0.3 is 14.7 Å². The van der Waals surface area contributed by atoms with Crippen molar-refractivity contribution in [2.24, 2.45) is 17.3 Å². The van der Waals surface area contributed by atoms with Gasteiger partial charge in [-0.25, -0.2) is 4.79 Å². The first-order chi connectivity index (χ1) is 15.1. The van der Waals surface area contributed by atoms with E-state index < -0.39 is 12.1 Å². The maximum Gasteiger partial charge on any atom is 0.490 e. The lowest BCUT2D eigenvalue weighted by molar-refractivity contribution is -0.192. The molecule has 1 aromatic heterocycles. The Labute approximate surface area is 190 Å². The quantitative estimate of drug-likeness (QED) is 0.675. The number of alkyl halides is 3. The van der Waals surface area contributed by atoms with E-state index in [0.717, 1.165) is 58.6 Å². The Morgan fingerprint density at radius 2 is 1.94 bits per heavy atom. The van der Waals surface area contributed by atoms with Crippen LogP contribution in [-0.2, 0) is 20.9 Å². The summed E-state index contributed by atoms with van der Waals surface area (Å²) in [6.07, 6.45) is 0.504. The van der Waals surface area contributed by atoms with Crippen LogP contribution in [0.25, 0.3) is 0 Å². The molecule has 1 atom stereocenters. The predicted octanol–water partition coefficient (Wildman–Crippen LogP) is 3.87. The van der Waals surface area contributed by atoms with E-state index in [9.17, 15) is 18.0 Å². The zero-order valence-corrected chi connectivity index (χ0v) is 19.1. The third-order valence-corrected chi connectivity index (χ3v) is 7.59. The van der Waals surface area contributed by atoms with Crippen molar-refractivity contribution < 1.29 is 32.6 Å². The van der Waals surface area contributed by atoms with Gasteiger partial charge in [-0.1, -0.05) is 6.07 Å². The molecule has 3 aliphatic rings. The van der Waals surface area contributed by atoms with Crippen LogP contribution >= 0.6 is 11.3 Å². The van der Waals surface area contributed by atoms with E-state index in [-0.39, 0.29) is 0 Å². The van der Waals surface area contributed by atoms with Crippen LogP contribution in [0.15, 0.2) is 17.5 Å². The summed E-state index contributed by atoms with van der Waals surface area (Å²) in [6.45, 7) is 6.07. The highest BCUT2D eigenvalue weighted by Gasteiger charge is 2.48. The number of ether oxygens (including phenoxy) is 1. The topological polar surface area (TPSA) is 70.1 Å². The summed E-state index contributed by atoms with van der Waals surface area (Å²) >= 11 is 1.85. The number of thiophene rings is 1. The lowest BCUT2D eigenvalue weighted by Gasteiger charge is -2.42. The molecule has 2 aliphatic heterocycles. The molecule has 2 saturated heterocycles. The van der Waals surface area contributed by atoms with E-state index in [0.29, 0.717) is 23.2 Å². The third kappa shape index (κ3) is 6.68. The van der Waals surface area contributed by atoms with Gasteiger partial charge in [0.2, 0.25) is 5.91 Å². The highest BCUT2D eigenvalue weighted by atomic mass is 32.1. The van der Waals surface area contributed by atoms with E-state index in [1.54, 1.807) is 0 Å². The SMILES string of the molecule is COCC1CN(Cc2cccs2)CC12CCN(C(=O)CC1CC1)CC2.O=C(O)C(F)(F)F. The second-order valence-corrected chi connectivity index (χ2v) is 10.1. The summed E-state index contributed by atoms with van der Waals surface area (Å²) in [4.78, 5) is 27.5. The Morgan fingerprint density at radius 3 is 2.44 bits per heavy atom. The number of halogens is 3. The van der Waals surface area contributed by atoms with Gasteiger partial charge in [-0.3, -0.25) is 9.69 Å². The van der Waals surface area contributed by atoms with E-state index in [1.165, 1.54) is 17.7 Å². The fraction of sp³-hybridized carbons (Fsp3) is 0.727. The largest absolute Gasteiger partial charge is 0.490 e. The van der Waals surface area contributed by atoms with Crippen LogP contribution in [0.2, 0.25) is 0 Å². The average Bonchev–Trinajstić information content (AvgIpc) is 3.28. The van der Waals surface area contributed by atoms with Gasteiger partial charge >= 0.3 is 12.1 Å². The molecule has 3 heterocycles. The van der Waals surface area contributed by atoms with Gasteiger partial charge in [0.1, 0.15) is 0 Å². The van der Waals surface area contributed by atoms with Crippen molar-refractivity contribution in [3.8, 4) is 0 Å². The molecule has 0 aromatic carbocycles. The molecule has 6 nitrogen and oxygen atoms in total. The second-order valence-electron chi connectivity index (χ2n) is 9.09. The summed E-state index contributed by atoms with van der Waals surface area (Å²) in [6, 6.07) is 4.38. The first-order valence-electron chi connectivity index (χ1n) is 10.9. The highest BCUT2D eigenvalue weighted by molar-refractivity contribution is 7.09. The molecule has 0 bridgehead atoms. The number of piperidine rings is 1. The molecule has 1 spiro atoms. The molecule has 1 unspecified atom stereocenters. The van der Waals surface area contributed by atoms with Crippen LogP contribution in [0.1, 0.15) is 37.0 Å². The average molecular weight is 477 g/mol. The van der Waals surface area contributed by atoms with Crippen LogP contribution in [0.5, 0.6) is 0 Å². The number of carbonyl (C=O) groups is 2. The van der Waals surface area contributed by atoms with Gasteiger partial charge in [0.15, 0.2) is 0 Å². The van der Waals surface area contributed by atoms with Crippen LogP contribution in [0.3, 0.4) is 0 Å². The molecule has 32 heavy (non-hydrogen) atoms. The fourth-order valence-electron chi connectivity index (χ4n) is 4.78. The maximum absolute atomic E-state index is 12.4. The number of nitrogens with zero attached hydrogens (tertiary/aromatic N) is 2. The Kier molecular flexibility index (Phi) is 8.21. The number of rotatable bonds is 6. The maximum atomic E-state index is 12.4. The Morgan fingerprint density at radius 1 is 1.28 bits per heavy atom. The minimum absolute atomic E-state index is 0.337. The summed E-state index contributed by atoms with van der Waals surface area (Å²) in [5.41, 5.74) is 0.337. The standard InChI is InChI=1S/C20H30N2O2S.C2HF3O2/c1-24-14-17-12-21(13-18-3-2-10-25-18)15-20(17)6-8-22(9-7-20)19(23)11-16-4-5-16;3-2(4,5)1(6)7/h2-3,10,16-17H,4-9,11-15H2,1H3;(H,6,7). The minimum Gasteiger partial charge on any atom is -0.475 e. The molecule has 1 amide bonds. The Balaban J connectivity index is 0.000000360. The second kappa shape index (κ2) is 10.5. The summed E-state index contributed by atoms with van der Waals surface area (Å²) in [7, 11) is 1.82. The van der Waals surface area contributed by atoms with Gasteiger partial charge in [0, 0.05) is 57.0 Å². The lowest BCUT2D eigenvalue weighted by atomic mass is 9.71. The van der Waals surface area contributed by atoms with Gasteiger partial charge in [0.25, 0.3) is 0 Å². The molecule has 180 valence electrons. The number of hydrogen-bond acceptors (Lipinski definition) is 5. The smallest absolute Gasteiger partial charge is 0.475 e. The number of aliphatic carboxylic acids is 1. The van der Waals surface area contributed by atoms with Crippen molar-refractivity contribution >= 4 is 23.2 Å². The summed E-state index contributed by atoms with van der Waals surface area (Å²) in [5.74, 6) is -1.07. The molecule has 1 saturated carbocycles. The molecule has 1 aromatic rings. The zero-order chi connectivity index (χ0) is 23.4. The Bertz CT molecular complexity index is 760. The van der Waals surface area contributed by atoms with E-state index in [2.05, 4.69) is 27.3 Å². The number of carboxylic acid groups (broad SMARTS) is 1.